The van der Waals surface area contributed by atoms with Crippen LogP contribution >= 0.6 is 11.8 Å². The molecular weight excluding hydrogens is 344 g/mol. The first-order valence-electron chi connectivity index (χ1n) is 10.7. The van der Waals surface area contributed by atoms with Crippen molar-refractivity contribution in [2.45, 2.75) is 75.1 Å². The van der Waals surface area contributed by atoms with Crippen molar-refractivity contribution in [3.8, 4) is 0 Å². The summed E-state index contributed by atoms with van der Waals surface area (Å²) in [6.45, 7) is 7.89. The fourth-order valence-electron chi connectivity index (χ4n) is 4.85. The van der Waals surface area contributed by atoms with Crippen LogP contribution in [0.5, 0.6) is 0 Å². The largest absolute Gasteiger partial charge is 0.379 e. The van der Waals surface area contributed by atoms with Crippen molar-refractivity contribution >= 4 is 17.7 Å². The van der Waals surface area contributed by atoms with Crippen LogP contribution in [0.2, 0.25) is 0 Å². The summed E-state index contributed by atoms with van der Waals surface area (Å²) in [6.07, 6.45) is 12.7. The minimum absolute atomic E-state index is 0.252. The van der Waals surface area contributed by atoms with Crippen LogP contribution in [-0.2, 0) is 4.74 Å². The van der Waals surface area contributed by atoms with Gasteiger partial charge in [0.15, 0.2) is 5.96 Å². The fourth-order valence-corrected chi connectivity index (χ4v) is 5.64. The average Bonchev–Trinajstić information content (AvgIpc) is 3.15. The average molecular weight is 383 g/mol. The Morgan fingerprint density at radius 1 is 1.19 bits per heavy atom. The highest BCUT2D eigenvalue weighted by molar-refractivity contribution is 7.99. The number of hydrogen-bond acceptors (Lipinski definition) is 4. The quantitative estimate of drug-likeness (QED) is 0.546. The van der Waals surface area contributed by atoms with Gasteiger partial charge in [-0.25, -0.2) is 0 Å². The maximum absolute atomic E-state index is 5.60. The van der Waals surface area contributed by atoms with E-state index in [0.717, 1.165) is 50.6 Å². The monoisotopic (exact) mass is 382 g/mol. The van der Waals surface area contributed by atoms with Gasteiger partial charge in [-0.05, 0) is 45.3 Å². The van der Waals surface area contributed by atoms with Crippen molar-refractivity contribution in [2.24, 2.45) is 4.99 Å². The van der Waals surface area contributed by atoms with Gasteiger partial charge in [-0.2, -0.15) is 11.8 Å². The number of ether oxygens (including phenoxy) is 1. The van der Waals surface area contributed by atoms with E-state index in [2.05, 4.69) is 28.7 Å². The lowest BCUT2D eigenvalue weighted by molar-refractivity contribution is -0.0333. The number of hydrogen-bond donors (Lipinski definition) is 2. The first kappa shape index (κ1) is 20.3. The van der Waals surface area contributed by atoms with Gasteiger partial charge in [-0.3, -0.25) is 9.89 Å². The smallest absolute Gasteiger partial charge is 0.191 e. The van der Waals surface area contributed by atoms with Gasteiger partial charge in [0.2, 0.25) is 0 Å². The summed E-state index contributed by atoms with van der Waals surface area (Å²) in [6, 6.07) is 0.580. The lowest BCUT2D eigenvalue weighted by Crippen LogP contribution is -2.56. The minimum Gasteiger partial charge on any atom is -0.379 e. The number of nitrogens with zero attached hydrogens (tertiary/aromatic N) is 2. The molecule has 1 aliphatic heterocycles. The molecule has 2 N–H and O–H groups in total. The van der Waals surface area contributed by atoms with Crippen LogP contribution in [0.25, 0.3) is 0 Å². The van der Waals surface area contributed by atoms with Crippen molar-refractivity contribution in [1.29, 1.82) is 0 Å². The van der Waals surface area contributed by atoms with Crippen molar-refractivity contribution in [2.75, 3.05) is 45.6 Å². The van der Waals surface area contributed by atoms with Crippen LogP contribution in [0.3, 0.4) is 0 Å². The molecule has 2 saturated carbocycles. The van der Waals surface area contributed by atoms with Crippen molar-refractivity contribution < 1.29 is 4.74 Å². The highest BCUT2D eigenvalue weighted by Crippen LogP contribution is 2.34. The summed E-state index contributed by atoms with van der Waals surface area (Å²) in [5, 5.41) is 8.03. The lowest BCUT2D eigenvalue weighted by Gasteiger charge is -2.47. The van der Waals surface area contributed by atoms with Crippen molar-refractivity contribution in [3.63, 3.8) is 0 Å². The lowest BCUT2D eigenvalue weighted by atomic mass is 9.80. The molecule has 0 spiro atoms. The summed E-state index contributed by atoms with van der Waals surface area (Å²) in [4.78, 5) is 7.79. The third-order valence-corrected chi connectivity index (χ3v) is 7.50. The predicted molar refractivity (Wildman–Crippen MR) is 112 cm³/mol. The summed E-state index contributed by atoms with van der Waals surface area (Å²) in [5.41, 5.74) is 0.252. The third-order valence-electron chi connectivity index (χ3n) is 6.40. The van der Waals surface area contributed by atoms with Gasteiger partial charge in [-0.15, -0.1) is 0 Å². The Morgan fingerprint density at radius 3 is 2.62 bits per heavy atom. The molecule has 0 amide bonds. The summed E-state index contributed by atoms with van der Waals surface area (Å²) in [7, 11) is 0. The minimum atomic E-state index is 0.252. The maximum atomic E-state index is 5.60. The number of rotatable bonds is 6. The second-order valence-corrected chi connectivity index (χ2v) is 9.23. The van der Waals surface area contributed by atoms with E-state index in [1.54, 1.807) is 0 Å². The zero-order chi connectivity index (χ0) is 18.2. The van der Waals surface area contributed by atoms with Gasteiger partial charge in [0.25, 0.3) is 0 Å². The maximum Gasteiger partial charge on any atom is 0.191 e. The van der Waals surface area contributed by atoms with Gasteiger partial charge < -0.3 is 15.4 Å². The number of thioether (sulfide) groups is 1. The predicted octanol–water partition coefficient (Wildman–Crippen LogP) is 2.86. The molecule has 0 aromatic rings. The molecule has 2 aliphatic carbocycles. The summed E-state index contributed by atoms with van der Waals surface area (Å²) in [5.74, 6) is 1.03. The fraction of sp³-hybridized carbons (Fsp3) is 0.950. The molecule has 1 heterocycles. The molecule has 1 saturated heterocycles. The summed E-state index contributed by atoms with van der Waals surface area (Å²) >= 11 is 2.01. The van der Waals surface area contributed by atoms with Crippen LogP contribution in [0.4, 0.5) is 0 Å². The highest BCUT2D eigenvalue weighted by Gasteiger charge is 2.38. The molecule has 0 aromatic carbocycles. The zero-order valence-electron chi connectivity index (χ0n) is 16.8. The molecule has 0 aromatic heterocycles. The normalized spacial score (nSPS) is 30.3. The molecule has 0 bridgehead atoms. The molecule has 2 unspecified atom stereocenters. The van der Waals surface area contributed by atoms with E-state index in [9.17, 15) is 0 Å². The van der Waals surface area contributed by atoms with E-state index in [1.807, 2.05) is 11.8 Å². The molecule has 3 aliphatic rings. The molecule has 2 atom stereocenters. The van der Waals surface area contributed by atoms with Gasteiger partial charge >= 0.3 is 0 Å². The second-order valence-electron chi connectivity index (χ2n) is 8.09. The van der Waals surface area contributed by atoms with Gasteiger partial charge in [0.1, 0.15) is 0 Å². The van der Waals surface area contributed by atoms with E-state index >= 15 is 0 Å². The Bertz CT molecular complexity index is 447. The zero-order valence-corrected chi connectivity index (χ0v) is 17.6. The number of nitrogens with one attached hydrogen (secondary N) is 2. The van der Waals surface area contributed by atoms with Crippen LogP contribution in [0.1, 0.15) is 58.3 Å². The topological polar surface area (TPSA) is 48.9 Å². The van der Waals surface area contributed by atoms with Crippen molar-refractivity contribution in [1.82, 2.24) is 15.5 Å². The molecule has 3 fully saturated rings. The summed E-state index contributed by atoms with van der Waals surface area (Å²) < 4.78 is 5.60. The Morgan fingerprint density at radius 2 is 1.96 bits per heavy atom. The Kier molecular flexibility index (Phi) is 7.94. The van der Waals surface area contributed by atoms with E-state index in [-0.39, 0.29) is 5.54 Å². The number of morpholine rings is 1. The van der Waals surface area contributed by atoms with E-state index in [4.69, 9.17) is 9.73 Å². The Balaban J connectivity index is 1.64. The Labute approximate surface area is 164 Å². The first-order valence-corrected chi connectivity index (χ1v) is 11.9. The number of guanidine groups is 1. The van der Waals surface area contributed by atoms with E-state index in [0.29, 0.717) is 6.04 Å². The highest BCUT2D eigenvalue weighted by atomic mass is 32.2. The van der Waals surface area contributed by atoms with Crippen LogP contribution in [0.15, 0.2) is 4.99 Å². The number of aliphatic imine (C=N–C) groups is 1. The van der Waals surface area contributed by atoms with Crippen LogP contribution in [0, 0.1) is 0 Å². The molecule has 5 nitrogen and oxygen atoms in total. The van der Waals surface area contributed by atoms with E-state index < -0.39 is 0 Å². The second kappa shape index (κ2) is 10.2. The molecule has 150 valence electrons. The van der Waals surface area contributed by atoms with Gasteiger partial charge in [-0.1, -0.05) is 19.3 Å². The van der Waals surface area contributed by atoms with Crippen molar-refractivity contribution in [3.05, 3.63) is 0 Å². The molecule has 26 heavy (non-hydrogen) atoms. The van der Waals surface area contributed by atoms with Crippen LogP contribution in [-0.4, -0.2) is 73.3 Å². The molecule has 6 heteroatoms. The standard InChI is InChI=1S/C20H38N4OS/c1-3-21-19(23-17-7-8-18(15-17)26-2)22-16-20(9-5-4-6-10-20)24-11-13-25-14-12-24/h17-18H,3-16H2,1-2H3,(H2,21,22,23). The Hall–Kier alpha value is -0.460. The van der Waals surface area contributed by atoms with Gasteiger partial charge in [0, 0.05) is 36.5 Å². The molecular formula is C20H38N4OS. The van der Waals surface area contributed by atoms with E-state index in [1.165, 1.54) is 51.4 Å². The molecule has 3 rings (SSSR count). The van der Waals surface area contributed by atoms with Crippen LogP contribution < -0.4 is 10.6 Å². The van der Waals surface area contributed by atoms with Gasteiger partial charge in [0.05, 0.1) is 19.8 Å². The molecule has 0 radical (unpaired) electrons. The SMILES string of the molecule is CCNC(=NCC1(N2CCOCC2)CCCCC1)NC1CCC(SC)C1. The third kappa shape index (κ3) is 5.29. The first-order chi connectivity index (χ1) is 12.8.